The smallest absolute Gasteiger partial charge is 0.330 e. The Balaban J connectivity index is 2.52. The Morgan fingerprint density at radius 1 is 1.24 bits per heavy atom. The van der Waals surface area contributed by atoms with Crippen LogP contribution < -0.4 is 10.6 Å². The van der Waals surface area contributed by atoms with Gasteiger partial charge in [0.25, 0.3) is 0 Å². The first-order valence-electron chi connectivity index (χ1n) is 6.97. The second-order valence-electron chi connectivity index (χ2n) is 4.69. The highest BCUT2D eigenvalue weighted by Crippen LogP contribution is 2.12. The number of carboxylic acids is 1. The number of rotatable bonds is 8. The van der Waals surface area contributed by atoms with Gasteiger partial charge in [0.05, 0.1) is 0 Å². The van der Waals surface area contributed by atoms with Crippen LogP contribution in [0.1, 0.15) is 31.9 Å². The average molecular weight is 310 g/mol. The van der Waals surface area contributed by atoms with E-state index in [0.29, 0.717) is 5.56 Å². The van der Waals surface area contributed by atoms with Crippen molar-refractivity contribution in [3.05, 3.63) is 35.9 Å². The lowest BCUT2D eigenvalue weighted by atomic mass is 10.1. The van der Waals surface area contributed by atoms with Gasteiger partial charge in [-0.05, 0) is 30.4 Å². The molecule has 5 nitrogen and oxygen atoms in total. The van der Waals surface area contributed by atoms with Crippen LogP contribution in [-0.2, 0) is 4.79 Å². The molecule has 0 aliphatic rings. The summed E-state index contributed by atoms with van der Waals surface area (Å²) in [6.45, 7) is 4.00. The molecule has 2 atom stereocenters. The van der Waals surface area contributed by atoms with E-state index in [-0.39, 0.29) is 6.04 Å². The normalized spacial score (nSPS) is 13.2. The van der Waals surface area contributed by atoms with Gasteiger partial charge in [-0.2, -0.15) is 11.8 Å². The minimum absolute atomic E-state index is 0.00858. The lowest BCUT2D eigenvalue weighted by molar-refractivity contribution is -0.139. The molecule has 0 saturated heterocycles. The van der Waals surface area contributed by atoms with Crippen molar-refractivity contribution in [2.45, 2.75) is 32.4 Å². The predicted molar refractivity (Wildman–Crippen MR) is 85.6 cm³/mol. The van der Waals surface area contributed by atoms with Crippen molar-refractivity contribution in [2.24, 2.45) is 0 Å². The molecule has 0 radical (unpaired) electrons. The summed E-state index contributed by atoms with van der Waals surface area (Å²) in [6.07, 6.45) is 0.856. The van der Waals surface area contributed by atoms with Crippen LogP contribution in [0.2, 0.25) is 0 Å². The van der Waals surface area contributed by atoms with Gasteiger partial charge in [0.15, 0.2) is 6.04 Å². The molecule has 0 saturated carbocycles. The van der Waals surface area contributed by atoms with Crippen molar-refractivity contribution in [3.8, 4) is 0 Å². The minimum atomic E-state index is -1.08. The molecule has 116 valence electrons. The van der Waals surface area contributed by atoms with Crippen LogP contribution in [0.25, 0.3) is 0 Å². The minimum Gasteiger partial charge on any atom is -0.479 e. The maximum Gasteiger partial charge on any atom is 0.330 e. The summed E-state index contributed by atoms with van der Waals surface area (Å²) in [5.41, 5.74) is 0.550. The second kappa shape index (κ2) is 9.28. The molecule has 0 aliphatic carbocycles. The predicted octanol–water partition coefficient (Wildman–Crippen LogP) is 2.64. The van der Waals surface area contributed by atoms with Crippen LogP contribution in [0.15, 0.2) is 30.3 Å². The molecule has 3 N–H and O–H groups in total. The lowest BCUT2D eigenvalue weighted by Crippen LogP contribution is -2.44. The summed E-state index contributed by atoms with van der Waals surface area (Å²) in [4.78, 5) is 23.2. The zero-order valence-electron chi connectivity index (χ0n) is 12.3. The summed E-state index contributed by atoms with van der Waals surface area (Å²) in [5.74, 6) is 0.943. The van der Waals surface area contributed by atoms with E-state index in [1.54, 1.807) is 30.3 Å². The molecule has 0 fully saturated rings. The van der Waals surface area contributed by atoms with Crippen molar-refractivity contribution < 1.29 is 14.7 Å². The number of benzene rings is 1. The number of hydrogen-bond donors (Lipinski definition) is 3. The Morgan fingerprint density at radius 2 is 1.90 bits per heavy atom. The quantitative estimate of drug-likeness (QED) is 0.645. The van der Waals surface area contributed by atoms with Crippen LogP contribution in [0.5, 0.6) is 0 Å². The number of amides is 2. The number of thioether (sulfide) groups is 1. The van der Waals surface area contributed by atoms with Crippen molar-refractivity contribution in [3.63, 3.8) is 0 Å². The van der Waals surface area contributed by atoms with E-state index < -0.39 is 18.0 Å². The Hall–Kier alpha value is -1.69. The molecule has 0 bridgehead atoms. The van der Waals surface area contributed by atoms with E-state index in [1.165, 1.54) is 0 Å². The molecule has 21 heavy (non-hydrogen) atoms. The molecular weight excluding hydrogens is 288 g/mol. The SMILES string of the molecule is CCSCCC(C)NC(=O)NC(C(=O)O)c1ccccc1. The third kappa shape index (κ3) is 6.53. The van der Waals surface area contributed by atoms with Gasteiger partial charge in [-0.15, -0.1) is 0 Å². The average Bonchev–Trinajstić information content (AvgIpc) is 2.45. The van der Waals surface area contributed by atoms with E-state index >= 15 is 0 Å². The molecule has 2 unspecified atom stereocenters. The fourth-order valence-corrected chi connectivity index (χ4v) is 2.62. The Labute approximate surface area is 129 Å². The highest BCUT2D eigenvalue weighted by molar-refractivity contribution is 7.99. The van der Waals surface area contributed by atoms with E-state index in [9.17, 15) is 14.7 Å². The molecule has 6 heteroatoms. The van der Waals surface area contributed by atoms with Crippen LogP contribution in [0.3, 0.4) is 0 Å². The lowest BCUT2D eigenvalue weighted by Gasteiger charge is -2.18. The van der Waals surface area contributed by atoms with Gasteiger partial charge < -0.3 is 15.7 Å². The maximum atomic E-state index is 11.9. The molecule has 1 aromatic carbocycles. The maximum absolute atomic E-state index is 11.9. The summed E-state index contributed by atoms with van der Waals surface area (Å²) < 4.78 is 0. The Morgan fingerprint density at radius 3 is 2.48 bits per heavy atom. The van der Waals surface area contributed by atoms with Gasteiger partial charge in [0.1, 0.15) is 0 Å². The molecule has 0 heterocycles. The van der Waals surface area contributed by atoms with E-state index in [4.69, 9.17) is 0 Å². The fraction of sp³-hybridized carbons (Fsp3) is 0.467. The zero-order chi connectivity index (χ0) is 15.7. The van der Waals surface area contributed by atoms with E-state index in [2.05, 4.69) is 17.6 Å². The van der Waals surface area contributed by atoms with Crippen LogP contribution in [0.4, 0.5) is 4.79 Å². The molecule has 2 amide bonds. The molecule has 0 aromatic heterocycles. The van der Waals surface area contributed by atoms with Crippen LogP contribution in [0, 0.1) is 0 Å². The third-order valence-corrected chi connectivity index (χ3v) is 3.86. The largest absolute Gasteiger partial charge is 0.479 e. The van der Waals surface area contributed by atoms with Gasteiger partial charge in [0, 0.05) is 6.04 Å². The molecule has 0 spiro atoms. The number of carboxylic acid groups (broad SMARTS) is 1. The molecule has 1 rings (SSSR count). The summed E-state index contributed by atoms with van der Waals surface area (Å²) in [7, 11) is 0. The summed E-state index contributed by atoms with van der Waals surface area (Å²) in [5, 5.41) is 14.5. The first-order chi connectivity index (χ1) is 10.0. The van der Waals surface area contributed by atoms with Crippen LogP contribution >= 0.6 is 11.8 Å². The van der Waals surface area contributed by atoms with E-state index in [1.807, 2.05) is 18.7 Å². The number of carbonyl (C=O) groups excluding carboxylic acids is 1. The fourth-order valence-electron chi connectivity index (χ4n) is 1.81. The van der Waals surface area contributed by atoms with E-state index in [0.717, 1.165) is 17.9 Å². The van der Waals surface area contributed by atoms with Crippen LogP contribution in [-0.4, -0.2) is 34.7 Å². The molecule has 1 aromatic rings. The van der Waals surface area contributed by atoms with Gasteiger partial charge in [-0.1, -0.05) is 37.3 Å². The number of hydrogen-bond acceptors (Lipinski definition) is 3. The Bertz CT molecular complexity index is 453. The first kappa shape index (κ1) is 17.4. The number of aliphatic carboxylic acids is 1. The van der Waals surface area contributed by atoms with Crippen molar-refractivity contribution >= 4 is 23.8 Å². The first-order valence-corrected chi connectivity index (χ1v) is 8.12. The number of urea groups is 1. The van der Waals surface area contributed by atoms with Gasteiger partial charge >= 0.3 is 12.0 Å². The van der Waals surface area contributed by atoms with Crippen molar-refractivity contribution in [1.82, 2.24) is 10.6 Å². The third-order valence-electron chi connectivity index (χ3n) is 2.93. The number of nitrogens with one attached hydrogen (secondary N) is 2. The second-order valence-corrected chi connectivity index (χ2v) is 6.08. The number of carbonyl (C=O) groups is 2. The topological polar surface area (TPSA) is 78.4 Å². The van der Waals surface area contributed by atoms with Gasteiger partial charge in [-0.3, -0.25) is 0 Å². The molecular formula is C15H22N2O3S. The zero-order valence-corrected chi connectivity index (χ0v) is 13.2. The Kier molecular flexibility index (Phi) is 7.68. The highest BCUT2D eigenvalue weighted by Gasteiger charge is 2.22. The standard InChI is InChI=1S/C15H22N2O3S/c1-3-21-10-9-11(2)16-15(20)17-13(14(18)19)12-7-5-4-6-8-12/h4-8,11,13H,3,9-10H2,1-2H3,(H,18,19)(H2,16,17,20). The summed E-state index contributed by atoms with van der Waals surface area (Å²) in [6, 6.07) is 7.17. The monoisotopic (exact) mass is 310 g/mol. The van der Waals surface area contributed by atoms with Gasteiger partial charge in [-0.25, -0.2) is 9.59 Å². The summed E-state index contributed by atoms with van der Waals surface area (Å²) >= 11 is 1.81. The van der Waals surface area contributed by atoms with Gasteiger partial charge in [0.2, 0.25) is 0 Å². The molecule has 0 aliphatic heterocycles. The highest BCUT2D eigenvalue weighted by atomic mass is 32.2. The van der Waals surface area contributed by atoms with Crippen molar-refractivity contribution in [1.29, 1.82) is 0 Å². The van der Waals surface area contributed by atoms with Crippen molar-refractivity contribution in [2.75, 3.05) is 11.5 Å².